The number of halogens is 2. The van der Waals surface area contributed by atoms with Gasteiger partial charge in [-0.25, -0.2) is 13.5 Å². The third-order valence-electron chi connectivity index (χ3n) is 11.9. The van der Waals surface area contributed by atoms with Crippen LogP contribution >= 0.6 is 11.8 Å². The zero-order valence-corrected chi connectivity index (χ0v) is 28.4. The van der Waals surface area contributed by atoms with E-state index in [1.807, 2.05) is 13.0 Å². The molecule has 0 bridgehead atoms. The number of allylic oxidation sites excluding steroid dienone is 1. The molecule has 1 heterocycles. The monoisotopic (exact) mass is 684 g/mol. The number of rotatable bonds is 8. The molecule has 3 saturated carbocycles. The van der Waals surface area contributed by atoms with Gasteiger partial charge in [0.25, 0.3) is 5.91 Å². The van der Waals surface area contributed by atoms with E-state index in [1.54, 1.807) is 49.0 Å². The first-order chi connectivity index (χ1) is 22.7. The van der Waals surface area contributed by atoms with Gasteiger partial charge >= 0.3 is 5.97 Å². The number of ether oxygens (including phenoxy) is 1. The van der Waals surface area contributed by atoms with Gasteiger partial charge in [-0.2, -0.15) is 5.10 Å². The van der Waals surface area contributed by atoms with Crippen LogP contribution in [0.5, 0.6) is 0 Å². The Morgan fingerprint density at radius 3 is 2.67 bits per heavy atom. The van der Waals surface area contributed by atoms with Crippen molar-refractivity contribution in [1.82, 2.24) is 15.1 Å². The predicted molar refractivity (Wildman–Crippen MR) is 175 cm³/mol. The number of amides is 2. The topological polar surface area (TPSA) is 154 Å². The molecule has 0 unspecified atom stereocenters. The summed E-state index contributed by atoms with van der Waals surface area (Å²) in [5.74, 6) is -2.71. The highest BCUT2D eigenvalue weighted by Crippen LogP contribution is 2.71. The molecular weight excluding hydrogens is 642 g/mol. The molecule has 0 saturated heterocycles. The number of aliphatic hydroxyl groups is 1. The Kier molecular flexibility index (Phi) is 8.63. The zero-order chi connectivity index (χ0) is 34.8. The summed E-state index contributed by atoms with van der Waals surface area (Å²) in [6, 6.07) is 4.96. The summed E-state index contributed by atoms with van der Waals surface area (Å²) >= 11 is 0.463. The van der Waals surface area contributed by atoms with E-state index in [-0.39, 0.29) is 31.6 Å². The number of fused-ring (bicyclic) bond motifs is 6. The molecule has 1 aromatic carbocycles. The van der Waals surface area contributed by atoms with Crippen molar-refractivity contribution in [3.8, 4) is 5.69 Å². The Bertz CT molecular complexity index is 1710. The molecule has 10 nitrogen and oxygen atoms in total. The van der Waals surface area contributed by atoms with Gasteiger partial charge in [0.05, 0.1) is 23.7 Å². The fraction of sp³-hybridized carbons (Fsp3) is 0.571. The first-order valence-electron chi connectivity index (χ1n) is 16.5. The van der Waals surface area contributed by atoms with Gasteiger partial charge in [-0.1, -0.05) is 32.4 Å². The Morgan fingerprint density at radius 1 is 1.23 bits per heavy atom. The van der Waals surface area contributed by atoms with E-state index in [0.29, 0.717) is 42.3 Å². The Balaban J connectivity index is 1.34. The number of esters is 1. The van der Waals surface area contributed by atoms with Crippen molar-refractivity contribution in [2.45, 2.75) is 96.1 Å². The highest BCUT2D eigenvalue weighted by atomic mass is 32.2. The average Bonchev–Trinajstić information content (AvgIpc) is 3.58. The number of thioether (sulfide) groups is 1. The highest BCUT2D eigenvalue weighted by Gasteiger charge is 2.76. The summed E-state index contributed by atoms with van der Waals surface area (Å²) in [5.41, 5.74) is 2.72. The Labute approximate surface area is 282 Å². The molecule has 0 aliphatic heterocycles. The van der Waals surface area contributed by atoms with Crippen LogP contribution in [0.25, 0.3) is 11.8 Å². The molecule has 3 fully saturated rings. The van der Waals surface area contributed by atoms with Crippen LogP contribution in [-0.2, 0) is 25.5 Å². The van der Waals surface area contributed by atoms with E-state index in [2.05, 4.69) is 10.4 Å². The lowest BCUT2D eigenvalue weighted by atomic mass is 9.44. The number of carbonyl (C=O) groups is 4. The van der Waals surface area contributed by atoms with Crippen LogP contribution in [0.15, 0.2) is 36.0 Å². The quantitative estimate of drug-likeness (QED) is 0.341. The molecular formula is C35H42F2N4O6S. The predicted octanol–water partition coefficient (Wildman–Crippen LogP) is 4.60. The van der Waals surface area contributed by atoms with Crippen molar-refractivity contribution in [2.75, 3.05) is 6.01 Å². The Morgan fingerprint density at radius 2 is 1.98 bits per heavy atom. The number of nitrogens with two attached hydrogens (primary N) is 1. The van der Waals surface area contributed by atoms with Crippen LogP contribution in [0.4, 0.5) is 8.78 Å². The van der Waals surface area contributed by atoms with Crippen molar-refractivity contribution < 1.29 is 37.8 Å². The number of carbonyl (C=O) groups excluding carboxylic acids is 4. The van der Waals surface area contributed by atoms with Gasteiger partial charge in [-0.15, -0.1) is 0 Å². The number of aromatic nitrogens is 2. The van der Waals surface area contributed by atoms with Crippen LogP contribution in [0.1, 0.15) is 87.8 Å². The smallest absolute Gasteiger partial charge is 0.306 e. The second kappa shape index (κ2) is 12.1. The summed E-state index contributed by atoms with van der Waals surface area (Å²) < 4.78 is 39.2. The molecule has 0 spiro atoms. The van der Waals surface area contributed by atoms with E-state index >= 15 is 4.39 Å². The number of primary amides is 1. The van der Waals surface area contributed by atoms with Crippen LogP contribution in [0, 0.1) is 22.7 Å². The van der Waals surface area contributed by atoms with Crippen LogP contribution in [0.2, 0.25) is 0 Å². The minimum atomic E-state index is -2.06. The molecule has 4 aliphatic carbocycles. The third kappa shape index (κ3) is 4.86. The maximum absolute atomic E-state index is 18.1. The van der Waals surface area contributed by atoms with Crippen molar-refractivity contribution >= 4 is 40.7 Å². The second-order valence-electron chi connectivity index (χ2n) is 14.2. The van der Waals surface area contributed by atoms with E-state index < -0.39 is 69.1 Å². The maximum atomic E-state index is 18.1. The normalized spacial score (nSPS) is 34.1. The number of nitrogens with zero attached hydrogens (tertiary/aromatic N) is 2. The van der Waals surface area contributed by atoms with E-state index in [1.165, 1.54) is 6.92 Å². The van der Waals surface area contributed by atoms with Crippen molar-refractivity contribution in [1.29, 1.82) is 0 Å². The number of aliphatic hydroxyl groups excluding tert-OH is 1. The number of benzene rings is 1. The molecule has 13 heteroatoms. The maximum Gasteiger partial charge on any atom is 0.306 e. The fourth-order valence-electron chi connectivity index (χ4n) is 9.36. The second-order valence-corrected chi connectivity index (χ2v) is 15.1. The largest absolute Gasteiger partial charge is 0.449 e. The van der Waals surface area contributed by atoms with Crippen molar-refractivity contribution in [3.63, 3.8) is 0 Å². The molecule has 2 aromatic rings. The third-order valence-corrected chi connectivity index (χ3v) is 12.6. The minimum Gasteiger partial charge on any atom is -0.449 e. The first kappa shape index (κ1) is 34.3. The molecule has 2 amide bonds. The summed E-state index contributed by atoms with van der Waals surface area (Å²) in [6.07, 6.45) is 3.85. The fourth-order valence-corrected chi connectivity index (χ4v) is 10.1. The van der Waals surface area contributed by atoms with Gasteiger partial charge in [0, 0.05) is 28.7 Å². The average molecular weight is 685 g/mol. The van der Waals surface area contributed by atoms with Gasteiger partial charge in [0.1, 0.15) is 17.7 Å². The van der Waals surface area contributed by atoms with Gasteiger partial charge in [0.15, 0.2) is 5.60 Å². The Hall–Kier alpha value is -3.58. The SMILES string of the molecule is CCC(=O)O[C@]1(C(=O)SCF)CC[C@H]2[C@@H]3CCC4=Cc5c(cnn5-c5cccc(C(=O)N[C@H](C)C(N)=O)c5)C[C@]4(C)[C@@]3(F)[C@@H](O)C[C@@]21C. The van der Waals surface area contributed by atoms with Crippen LogP contribution in [-0.4, -0.2) is 67.2 Å². The molecule has 4 aliphatic rings. The van der Waals surface area contributed by atoms with Gasteiger partial charge < -0.3 is 20.9 Å². The zero-order valence-electron chi connectivity index (χ0n) is 27.6. The number of hydrogen-bond acceptors (Lipinski definition) is 8. The molecule has 4 N–H and O–H groups in total. The summed E-state index contributed by atoms with van der Waals surface area (Å²) in [5, 5.41) is 18.5. The van der Waals surface area contributed by atoms with Crippen molar-refractivity contribution in [3.05, 3.63) is 52.9 Å². The summed E-state index contributed by atoms with van der Waals surface area (Å²) in [6.45, 7) is 6.77. The van der Waals surface area contributed by atoms with E-state index in [0.717, 1.165) is 16.8 Å². The molecule has 0 radical (unpaired) electrons. The van der Waals surface area contributed by atoms with Gasteiger partial charge in [-0.05, 0) is 93.0 Å². The number of alkyl halides is 2. The standard InChI is InChI=1S/C35H42F2N4O6S/c1-5-28(43)47-34(31(46)48-18-36)12-11-24-25-10-9-22-14-26-21(15-32(22,3)35(25,37)27(42)16-33(24,34)4)17-39-41(26)23-8-6-7-20(13-23)30(45)40-19(2)29(38)44/h6-8,13-14,17,19,24-25,27,42H,5,9-12,15-16,18H2,1-4H3,(H2,38,44)(H,40,45)/t19-,24+,25+,27+,32+,33+,34+,35+/m1/s1. The number of nitrogens with one attached hydrogen (secondary N) is 1. The highest BCUT2D eigenvalue weighted by molar-refractivity contribution is 8.13. The lowest BCUT2D eigenvalue weighted by molar-refractivity contribution is -0.228. The molecule has 48 heavy (non-hydrogen) atoms. The van der Waals surface area contributed by atoms with E-state index in [9.17, 15) is 28.7 Å². The van der Waals surface area contributed by atoms with E-state index in [4.69, 9.17) is 10.5 Å². The molecule has 8 atom stereocenters. The molecule has 258 valence electrons. The number of hydrogen-bond donors (Lipinski definition) is 3. The lowest BCUT2D eigenvalue weighted by Crippen LogP contribution is -2.70. The lowest BCUT2D eigenvalue weighted by Gasteiger charge is -2.63. The summed E-state index contributed by atoms with van der Waals surface area (Å²) in [4.78, 5) is 50.4. The van der Waals surface area contributed by atoms with Gasteiger partial charge in [-0.3, -0.25) is 19.2 Å². The van der Waals surface area contributed by atoms with Crippen molar-refractivity contribution in [2.24, 2.45) is 28.4 Å². The first-order valence-corrected chi connectivity index (χ1v) is 17.5. The summed E-state index contributed by atoms with van der Waals surface area (Å²) in [7, 11) is 0. The molecule has 1 aromatic heterocycles. The van der Waals surface area contributed by atoms with Crippen LogP contribution in [0.3, 0.4) is 0 Å². The minimum absolute atomic E-state index is 0.0311. The molecule has 6 rings (SSSR count). The van der Waals surface area contributed by atoms with Gasteiger partial charge in [0.2, 0.25) is 11.0 Å². The van der Waals surface area contributed by atoms with Crippen LogP contribution < -0.4 is 11.1 Å².